The van der Waals surface area contributed by atoms with Gasteiger partial charge in [-0.3, -0.25) is 23.9 Å². The number of nitrogens with two attached hydrogens (primary N) is 1. The Hall–Kier alpha value is -5.51. The first-order chi connectivity index (χ1) is 20.3. The van der Waals surface area contributed by atoms with Crippen LogP contribution in [-0.4, -0.2) is 27.1 Å². The predicted molar refractivity (Wildman–Crippen MR) is 162 cm³/mol. The van der Waals surface area contributed by atoms with E-state index in [1.54, 1.807) is 25.3 Å². The molecule has 0 unspecified atom stereocenters. The van der Waals surface area contributed by atoms with Crippen molar-refractivity contribution in [3.05, 3.63) is 141 Å². The smallest absolute Gasteiger partial charge is 0.332 e. The summed E-state index contributed by atoms with van der Waals surface area (Å²) in [6.45, 7) is 0.361. The number of ether oxygens (including phenoxy) is 1. The molecule has 0 aliphatic rings. The molecule has 3 N–H and O–H groups in total. The lowest BCUT2D eigenvalue weighted by Gasteiger charge is -2.18. The average molecular weight is 565 g/mol. The fourth-order valence-corrected chi connectivity index (χ4v) is 4.41. The molecule has 10 heteroatoms. The zero-order valence-corrected chi connectivity index (χ0v) is 23.1. The molecule has 0 aliphatic carbocycles. The molecule has 42 heavy (non-hydrogen) atoms. The van der Waals surface area contributed by atoms with Crippen molar-refractivity contribution >= 4 is 17.3 Å². The molecule has 0 atom stereocenters. The Labute approximate surface area is 241 Å². The van der Waals surface area contributed by atoms with Gasteiger partial charge in [-0.25, -0.2) is 9.18 Å². The summed E-state index contributed by atoms with van der Waals surface area (Å²) in [4.78, 5) is 35.5. The molecule has 9 nitrogen and oxygen atoms in total. The number of pyridine rings is 1. The van der Waals surface area contributed by atoms with Gasteiger partial charge in [-0.15, -0.1) is 0 Å². The number of rotatable bonds is 8. The van der Waals surface area contributed by atoms with Gasteiger partial charge in [-0.05, 0) is 47.5 Å². The highest BCUT2D eigenvalue weighted by Crippen LogP contribution is 2.19. The second kappa shape index (κ2) is 12.3. The number of aromatic nitrogens is 3. The summed E-state index contributed by atoms with van der Waals surface area (Å²) < 4.78 is 20.9. The van der Waals surface area contributed by atoms with Crippen molar-refractivity contribution in [3.8, 4) is 17.0 Å². The van der Waals surface area contributed by atoms with Crippen LogP contribution in [0.5, 0.6) is 5.75 Å². The van der Waals surface area contributed by atoms with Gasteiger partial charge in [0.1, 0.15) is 28.8 Å². The van der Waals surface area contributed by atoms with E-state index >= 15 is 0 Å². The number of para-hydroxylation sites is 1. The summed E-state index contributed by atoms with van der Waals surface area (Å²) in [7, 11) is 2.99. The molecule has 212 valence electrons. The summed E-state index contributed by atoms with van der Waals surface area (Å²) in [5.41, 5.74) is 9.36. The van der Waals surface area contributed by atoms with Crippen LogP contribution in [0.2, 0.25) is 0 Å². The number of hydrogen-bond acceptors (Lipinski definition) is 6. The van der Waals surface area contributed by atoms with E-state index in [1.165, 1.54) is 23.9 Å². The third-order valence-corrected chi connectivity index (χ3v) is 6.75. The van der Waals surface area contributed by atoms with Gasteiger partial charge in [0.15, 0.2) is 0 Å². The van der Waals surface area contributed by atoms with Gasteiger partial charge in [-0.2, -0.15) is 0 Å². The number of halogens is 1. The highest BCUT2D eigenvalue weighted by Gasteiger charge is 2.21. The van der Waals surface area contributed by atoms with Crippen LogP contribution < -0.4 is 27.0 Å². The van der Waals surface area contributed by atoms with E-state index in [0.29, 0.717) is 17.1 Å². The summed E-state index contributed by atoms with van der Waals surface area (Å²) in [6, 6.07) is 27.0. The van der Waals surface area contributed by atoms with E-state index in [4.69, 9.17) is 15.5 Å². The van der Waals surface area contributed by atoms with Crippen molar-refractivity contribution in [1.29, 1.82) is 0 Å². The van der Waals surface area contributed by atoms with Gasteiger partial charge >= 0.3 is 5.69 Å². The molecule has 2 aromatic heterocycles. The van der Waals surface area contributed by atoms with Crippen LogP contribution in [0.25, 0.3) is 11.3 Å². The quantitative estimate of drug-likeness (QED) is 0.213. The maximum atomic E-state index is 13.5. The lowest BCUT2D eigenvalue weighted by Crippen LogP contribution is -2.43. The van der Waals surface area contributed by atoms with Gasteiger partial charge in [0, 0.05) is 18.3 Å². The number of aliphatic imine (C=N–C) groups is 1. The monoisotopic (exact) mass is 564 g/mol. The van der Waals surface area contributed by atoms with E-state index in [9.17, 15) is 14.0 Å². The first-order valence-corrected chi connectivity index (χ1v) is 13.1. The number of nitrogens with one attached hydrogen (secondary N) is 1. The number of nitrogens with zero attached hydrogens (tertiary/aromatic N) is 4. The van der Waals surface area contributed by atoms with E-state index < -0.39 is 17.1 Å². The van der Waals surface area contributed by atoms with Crippen LogP contribution in [0.15, 0.2) is 112 Å². The van der Waals surface area contributed by atoms with Crippen molar-refractivity contribution in [2.24, 2.45) is 12.0 Å². The van der Waals surface area contributed by atoms with Crippen LogP contribution in [-0.2, 0) is 20.1 Å². The average Bonchev–Trinajstić information content (AvgIpc) is 3.02. The predicted octanol–water partition coefficient (Wildman–Crippen LogP) is 4.45. The van der Waals surface area contributed by atoms with E-state index in [-0.39, 0.29) is 30.3 Å². The minimum Gasteiger partial charge on any atom is -0.497 e. The second-order valence-corrected chi connectivity index (χ2v) is 9.56. The summed E-state index contributed by atoms with van der Waals surface area (Å²) in [5, 5.41) is 3.22. The Balaban J connectivity index is 1.53. The van der Waals surface area contributed by atoms with Gasteiger partial charge < -0.3 is 15.8 Å². The third kappa shape index (κ3) is 6.12. The highest BCUT2D eigenvalue weighted by atomic mass is 19.1. The van der Waals surface area contributed by atoms with Gasteiger partial charge in [0.2, 0.25) is 0 Å². The Kier molecular flexibility index (Phi) is 8.24. The minimum atomic E-state index is -0.566. The standard InChI is InChI=1S/C32H29FN6O3/c1-38-31(40)28(29(34)39(32(38)41)20-22-10-15-26(42-2)16-11-22)30(37-25-6-4-3-5-7-25)36-18-21-8-12-23(13-9-21)27-17-14-24(33)19-35-27/h3-17,19H,18,20,34H2,1-2H3,(H,36,37). The van der Waals surface area contributed by atoms with E-state index in [0.717, 1.165) is 21.3 Å². The van der Waals surface area contributed by atoms with Crippen molar-refractivity contribution in [2.45, 2.75) is 13.1 Å². The van der Waals surface area contributed by atoms with Gasteiger partial charge in [0.05, 0.1) is 32.1 Å². The number of benzene rings is 3. The van der Waals surface area contributed by atoms with Crippen molar-refractivity contribution in [2.75, 3.05) is 18.2 Å². The molecule has 0 spiro atoms. The van der Waals surface area contributed by atoms with E-state index in [2.05, 4.69) is 10.3 Å². The molecule has 0 bridgehead atoms. The number of methoxy groups -OCH3 is 1. The Morgan fingerprint density at radius 1 is 0.952 bits per heavy atom. The number of hydrogen-bond donors (Lipinski definition) is 2. The first kappa shape index (κ1) is 28.0. The highest BCUT2D eigenvalue weighted by molar-refractivity contribution is 6.10. The lowest BCUT2D eigenvalue weighted by molar-refractivity contribution is 0.414. The Morgan fingerprint density at radius 3 is 2.29 bits per heavy atom. The molecular weight excluding hydrogens is 535 g/mol. The molecule has 0 amide bonds. The van der Waals surface area contributed by atoms with Crippen molar-refractivity contribution < 1.29 is 9.13 Å². The zero-order valence-electron chi connectivity index (χ0n) is 23.1. The molecule has 2 heterocycles. The van der Waals surface area contributed by atoms with Crippen LogP contribution >= 0.6 is 0 Å². The maximum absolute atomic E-state index is 13.5. The van der Waals surface area contributed by atoms with Crippen LogP contribution in [0, 0.1) is 5.82 Å². The third-order valence-electron chi connectivity index (χ3n) is 6.75. The molecule has 0 saturated heterocycles. The molecule has 5 rings (SSSR count). The Bertz CT molecular complexity index is 1830. The second-order valence-electron chi connectivity index (χ2n) is 9.56. The van der Waals surface area contributed by atoms with Crippen molar-refractivity contribution in [1.82, 2.24) is 14.1 Å². The fourth-order valence-electron chi connectivity index (χ4n) is 4.41. The van der Waals surface area contributed by atoms with Crippen LogP contribution in [0.4, 0.5) is 15.9 Å². The number of amidine groups is 1. The molecule has 0 saturated carbocycles. The number of anilines is 2. The molecule has 5 aromatic rings. The number of nitrogen functional groups attached to an aromatic ring is 1. The maximum Gasteiger partial charge on any atom is 0.332 e. The molecule has 0 fully saturated rings. The Morgan fingerprint density at radius 2 is 1.64 bits per heavy atom. The van der Waals surface area contributed by atoms with Gasteiger partial charge in [0.25, 0.3) is 5.56 Å². The van der Waals surface area contributed by atoms with Crippen molar-refractivity contribution in [3.63, 3.8) is 0 Å². The normalized spacial score (nSPS) is 11.4. The summed E-state index contributed by atoms with van der Waals surface area (Å²) >= 11 is 0. The largest absolute Gasteiger partial charge is 0.497 e. The fraction of sp³-hybridized carbons (Fsp3) is 0.125. The topological polar surface area (TPSA) is 117 Å². The zero-order chi connectivity index (χ0) is 29.6. The lowest BCUT2D eigenvalue weighted by atomic mass is 10.1. The minimum absolute atomic E-state index is 0.00108. The van der Waals surface area contributed by atoms with Gasteiger partial charge in [-0.1, -0.05) is 54.6 Å². The summed E-state index contributed by atoms with van der Waals surface area (Å²) in [5.74, 6) is 0.512. The molecular formula is C32H29FN6O3. The SMILES string of the molecule is COc1ccc(Cn2c(N)c(C(=NCc3ccc(-c4ccc(F)cn4)cc3)Nc3ccccc3)c(=O)n(C)c2=O)cc1. The molecule has 0 aliphatic heterocycles. The molecule has 3 aromatic carbocycles. The summed E-state index contributed by atoms with van der Waals surface area (Å²) in [6.07, 6.45) is 1.17. The molecule has 0 radical (unpaired) electrons. The van der Waals surface area contributed by atoms with Crippen LogP contribution in [0.3, 0.4) is 0 Å². The first-order valence-electron chi connectivity index (χ1n) is 13.1. The van der Waals surface area contributed by atoms with Crippen LogP contribution in [0.1, 0.15) is 16.7 Å². The van der Waals surface area contributed by atoms with E-state index in [1.807, 2.05) is 66.7 Å².